The van der Waals surface area contributed by atoms with Gasteiger partial charge in [-0.2, -0.15) is 0 Å². The van der Waals surface area contributed by atoms with Gasteiger partial charge in [0.05, 0.1) is 34.5 Å². The first-order valence-corrected chi connectivity index (χ1v) is 19.6. The zero-order valence-electron chi connectivity index (χ0n) is 30.3. The fourth-order valence-corrected chi connectivity index (χ4v) is 8.59. The Bertz CT molecular complexity index is 2150. The molecule has 6 rings (SSSR count). The van der Waals surface area contributed by atoms with Crippen molar-refractivity contribution < 1.29 is 32.2 Å². The third-order valence-corrected chi connectivity index (χ3v) is 10.7. The molecule has 0 spiro atoms. The number of ether oxygens (including phenoxy) is 1. The molecule has 2 heterocycles. The van der Waals surface area contributed by atoms with E-state index in [9.17, 15) is 22.9 Å². The van der Waals surface area contributed by atoms with Gasteiger partial charge in [-0.3, -0.25) is 4.79 Å². The number of benzene rings is 2. The van der Waals surface area contributed by atoms with Crippen molar-refractivity contribution in [3.8, 4) is 11.5 Å². The van der Waals surface area contributed by atoms with Crippen molar-refractivity contribution in [3.05, 3.63) is 87.3 Å². The lowest BCUT2D eigenvalue weighted by atomic mass is 9.74. The Labute approximate surface area is 296 Å². The molecule has 0 saturated heterocycles. The van der Waals surface area contributed by atoms with Crippen LogP contribution >= 0.6 is 0 Å². The van der Waals surface area contributed by atoms with Crippen molar-refractivity contribution in [2.45, 2.75) is 106 Å². The highest BCUT2D eigenvalue weighted by atomic mass is 32.2. The van der Waals surface area contributed by atoms with Gasteiger partial charge in [-0.1, -0.05) is 66.2 Å². The Morgan fingerprint density at radius 1 is 0.940 bits per heavy atom. The van der Waals surface area contributed by atoms with E-state index in [0.29, 0.717) is 17.7 Å². The van der Waals surface area contributed by atoms with Crippen molar-refractivity contribution in [2.75, 3.05) is 5.75 Å². The van der Waals surface area contributed by atoms with E-state index in [1.54, 1.807) is 0 Å². The molecule has 3 aromatic rings. The molecule has 8 nitrogen and oxygen atoms in total. The number of aliphatic carboxylic acids is 1. The van der Waals surface area contributed by atoms with Gasteiger partial charge in [0.1, 0.15) is 23.9 Å². The zero-order chi connectivity index (χ0) is 36.0. The number of hydrogen-bond donors (Lipinski definition) is 1. The number of nitrogens with zero attached hydrogens (tertiary/aromatic N) is 2. The number of carboxylic acid groups (broad SMARTS) is 1. The summed E-state index contributed by atoms with van der Waals surface area (Å²) in [5.41, 5.74) is 6.60. The standard InChI is InChI=1S/C41H50N2O6S/c1-7-9-14-42-16-17-43(15-12-10-11-13-37(44)45)39(42)38-33-20-31-27(8-2)22-40(3,4)23-28(31)18-35(33)49-36-19-29-24-41(5,6)25-30(26-50(46,47)48)32(29)21-34(36)38/h16-22,24-25H,7-15,23,26H2,1-6H3,(H-,44,45,46,47,48). The van der Waals surface area contributed by atoms with Crippen LogP contribution in [0.2, 0.25) is 0 Å². The Kier molecular flexibility index (Phi) is 9.78. The normalized spacial score (nSPS) is 17.0. The molecule has 1 aromatic heterocycles. The molecule has 0 fully saturated rings. The highest BCUT2D eigenvalue weighted by molar-refractivity contribution is 7.86. The molecule has 2 aromatic carbocycles. The van der Waals surface area contributed by atoms with Crippen molar-refractivity contribution in [1.82, 2.24) is 4.57 Å². The number of unbranched alkanes of at least 4 members (excludes halogenated alkanes) is 3. The molecule has 0 radical (unpaired) electrons. The van der Waals surface area contributed by atoms with E-state index in [0.717, 1.165) is 90.3 Å². The minimum atomic E-state index is -4.54. The number of rotatable bonds is 13. The number of carbonyl (C=O) groups is 1. The van der Waals surface area contributed by atoms with Crippen molar-refractivity contribution >= 4 is 38.9 Å². The summed E-state index contributed by atoms with van der Waals surface area (Å²) >= 11 is 0. The molecule has 2 aliphatic carbocycles. The molecule has 1 aliphatic heterocycles. The lowest BCUT2D eigenvalue weighted by Gasteiger charge is -2.32. The average molecular weight is 699 g/mol. The predicted octanol–water partition coefficient (Wildman–Crippen LogP) is 6.70. The highest BCUT2D eigenvalue weighted by Gasteiger charge is 2.34. The van der Waals surface area contributed by atoms with Gasteiger partial charge < -0.3 is 14.4 Å². The van der Waals surface area contributed by atoms with E-state index in [2.05, 4.69) is 73.5 Å². The van der Waals surface area contributed by atoms with Crippen molar-refractivity contribution in [1.29, 1.82) is 0 Å². The van der Waals surface area contributed by atoms with Crippen LogP contribution in [-0.4, -0.2) is 34.4 Å². The van der Waals surface area contributed by atoms with Crippen LogP contribution in [-0.2, 0) is 34.4 Å². The van der Waals surface area contributed by atoms with Gasteiger partial charge in [-0.25, -0.2) is 17.6 Å². The molecule has 0 unspecified atom stereocenters. The monoisotopic (exact) mass is 698 g/mol. The van der Waals surface area contributed by atoms with Crippen molar-refractivity contribution in [3.63, 3.8) is 0 Å². The molecule has 0 bridgehead atoms. The smallest absolute Gasteiger partial charge is 0.303 e. The van der Waals surface area contributed by atoms with Crippen LogP contribution in [0.15, 0.2) is 48.8 Å². The number of aryl methyl sites for hydroxylation is 2. The molecule has 0 atom stereocenters. The van der Waals surface area contributed by atoms with E-state index >= 15 is 0 Å². The van der Waals surface area contributed by atoms with Crippen LogP contribution in [0, 0.1) is 10.8 Å². The van der Waals surface area contributed by atoms with Gasteiger partial charge in [-0.05, 0) is 101 Å². The fraction of sp³-hybridized carbons (Fsp3) is 0.463. The van der Waals surface area contributed by atoms with E-state index in [1.165, 1.54) is 16.7 Å². The number of carboxylic acids is 1. The van der Waals surface area contributed by atoms with Gasteiger partial charge >= 0.3 is 5.97 Å². The first-order chi connectivity index (χ1) is 23.6. The average Bonchev–Trinajstić information content (AvgIpc) is 3.40. The summed E-state index contributed by atoms with van der Waals surface area (Å²) in [6.45, 7) is 14.5. The zero-order valence-corrected chi connectivity index (χ0v) is 31.1. The summed E-state index contributed by atoms with van der Waals surface area (Å²) in [6.07, 6.45) is 16.9. The van der Waals surface area contributed by atoms with Gasteiger partial charge in [0.2, 0.25) is 0 Å². The van der Waals surface area contributed by atoms with Crippen molar-refractivity contribution in [2.24, 2.45) is 10.8 Å². The maximum Gasteiger partial charge on any atom is 0.303 e. The number of hydrogen-bond acceptors (Lipinski definition) is 5. The molecule has 0 saturated carbocycles. The molecule has 266 valence electrons. The van der Waals surface area contributed by atoms with Gasteiger partial charge in [0, 0.05) is 22.6 Å². The third-order valence-electron chi connectivity index (χ3n) is 10.0. The minimum Gasteiger partial charge on any atom is -0.748 e. The molecule has 0 amide bonds. The molecule has 1 N–H and O–H groups in total. The van der Waals surface area contributed by atoms with Crippen LogP contribution in [0.4, 0.5) is 0 Å². The number of fused-ring (bicyclic) bond motifs is 4. The highest BCUT2D eigenvalue weighted by Crippen LogP contribution is 2.44. The molecule has 3 aliphatic rings. The Morgan fingerprint density at radius 2 is 1.72 bits per heavy atom. The second-order valence-corrected chi connectivity index (χ2v) is 16.9. The summed E-state index contributed by atoms with van der Waals surface area (Å²) < 4.78 is 47.9. The minimum absolute atomic E-state index is 0.0223. The Hall–Kier alpha value is -3.95. The Balaban J connectivity index is 1.64. The van der Waals surface area contributed by atoms with E-state index in [-0.39, 0.29) is 11.8 Å². The molecule has 9 heteroatoms. The second kappa shape index (κ2) is 13.6. The predicted molar refractivity (Wildman–Crippen MR) is 196 cm³/mol. The summed E-state index contributed by atoms with van der Waals surface area (Å²) in [5.74, 6) is 1.16. The topological polar surface area (TPSA) is 113 Å². The summed E-state index contributed by atoms with van der Waals surface area (Å²) in [6, 6.07) is 8.54. The van der Waals surface area contributed by atoms with Crippen LogP contribution in [0.1, 0.15) is 115 Å². The van der Waals surface area contributed by atoms with E-state index in [4.69, 9.17) is 4.74 Å². The lowest BCUT2D eigenvalue weighted by molar-refractivity contribution is -0.699. The number of aromatic nitrogens is 2. The lowest BCUT2D eigenvalue weighted by Crippen LogP contribution is -2.39. The molecular formula is C41H50N2O6S. The SMILES string of the molecule is CCCCn1cc[n+](CCCCCC(=O)O)c1C1=c2cc3c(cc2Oc2cc4c(cc21)C(CC)=CC(C)(C)C4)=CC(C)(C)C=C3CS(=O)(=O)[O-]. The number of imidazole rings is 1. The maximum absolute atomic E-state index is 12.2. The first-order valence-electron chi connectivity index (χ1n) is 18.0. The van der Waals surface area contributed by atoms with E-state index < -0.39 is 27.3 Å². The Morgan fingerprint density at radius 3 is 2.42 bits per heavy atom. The van der Waals surface area contributed by atoms with E-state index in [1.807, 2.05) is 32.1 Å². The largest absolute Gasteiger partial charge is 0.748 e. The summed E-state index contributed by atoms with van der Waals surface area (Å²) in [7, 11) is -4.54. The fourth-order valence-electron chi connectivity index (χ4n) is 7.97. The van der Waals surface area contributed by atoms with Gasteiger partial charge in [-0.15, -0.1) is 0 Å². The molecule has 50 heavy (non-hydrogen) atoms. The summed E-state index contributed by atoms with van der Waals surface area (Å²) in [4.78, 5) is 11.2. The molecular weight excluding hydrogens is 649 g/mol. The van der Waals surface area contributed by atoms with Crippen LogP contribution in [0.3, 0.4) is 0 Å². The number of allylic oxidation sites excluding steroid dienone is 3. The van der Waals surface area contributed by atoms with Gasteiger partial charge in [0.25, 0.3) is 5.82 Å². The van der Waals surface area contributed by atoms with Gasteiger partial charge in [0.15, 0.2) is 0 Å². The first kappa shape index (κ1) is 35.9. The van der Waals surface area contributed by atoms with Crippen LogP contribution in [0.25, 0.3) is 22.8 Å². The second-order valence-electron chi connectivity index (χ2n) is 15.5. The maximum atomic E-state index is 12.2. The third kappa shape index (κ3) is 7.54. The summed E-state index contributed by atoms with van der Waals surface area (Å²) in [5, 5.41) is 10.9. The van der Waals surface area contributed by atoms with Crippen LogP contribution in [0.5, 0.6) is 11.5 Å². The quantitative estimate of drug-likeness (QED) is 0.0946. The van der Waals surface area contributed by atoms with Crippen LogP contribution < -0.4 is 19.7 Å².